The second kappa shape index (κ2) is 4.48. The van der Waals surface area contributed by atoms with E-state index in [1.54, 1.807) is 12.3 Å². The Kier molecular flexibility index (Phi) is 2.92. The van der Waals surface area contributed by atoms with Crippen LogP contribution < -0.4 is 0 Å². The summed E-state index contributed by atoms with van der Waals surface area (Å²) < 4.78 is 13.2. The Balaban J connectivity index is 2.06. The summed E-state index contributed by atoms with van der Waals surface area (Å²) in [6, 6.07) is 4.56. The number of fused-ring (bicyclic) bond motifs is 1. The van der Waals surface area contributed by atoms with Crippen LogP contribution in [0, 0.1) is 11.2 Å². The highest BCUT2D eigenvalue weighted by Crippen LogP contribution is 2.44. The summed E-state index contributed by atoms with van der Waals surface area (Å²) in [5.74, 6) is -0.0511. The van der Waals surface area contributed by atoms with E-state index >= 15 is 0 Å². The molecule has 3 heteroatoms. The topological polar surface area (TPSA) is 32.9 Å². The van der Waals surface area contributed by atoms with Crippen LogP contribution >= 0.6 is 0 Å². The average molecular weight is 259 g/mol. The maximum atomic E-state index is 13.2. The van der Waals surface area contributed by atoms with Crippen molar-refractivity contribution in [2.45, 2.75) is 39.0 Å². The second-order valence-corrected chi connectivity index (χ2v) is 5.56. The van der Waals surface area contributed by atoms with Crippen molar-refractivity contribution < 1.29 is 9.18 Å². The number of carbonyl (C=O) groups is 1. The number of H-pyrrole nitrogens is 1. The first-order chi connectivity index (χ1) is 9.16. The molecule has 100 valence electrons. The van der Waals surface area contributed by atoms with Gasteiger partial charge in [-0.2, -0.15) is 0 Å². The van der Waals surface area contributed by atoms with Crippen molar-refractivity contribution in [2.75, 3.05) is 0 Å². The fourth-order valence-electron chi connectivity index (χ4n) is 3.36. The molecule has 0 saturated heterocycles. The molecule has 1 aromatic carbocycles. The van der Waals surface area contributed by atoms with Crippen LogP contribution in [0.3, 0.4) is 0 Å². The average Bonchev–Trinajstić information content (AvgIpc) is 3.04. The van der Waals surface area contributed by atoms with E-state index in [0.29, 0.717) is 5.52 Å². The molecule has 3 rings (SSSR count). The van der Waals surface area contributed by atoms with E-state index in [0.717, 1.165) is 43.1 Å². The molecule has 0 bridgehead atoms. The summed E-state index contributed by atoms with van der Waals surface area (Å²) in [4.78, 5) is 15.9. The lowest BCUT2D eigenvalue weighted by molar-refractivity contribution is 0.0793. The first kappa shape index (κ1) is 12.4. The quantitative estimate of drug-likeness (QED) is 0.811. The lowest BCUT2D eigenvalue weighted by Gasteiger charge is -2.25. The molecule has 1 aliphatic rings. The zero-order chi connectivity index (χ0) is 13.5. The van der Waals surface area contributed by atoms with Crippen LogP contribution in [0.15, 0.2) is 24.4 Å². The van der Waals surface area contributed by atoms with Gasteiger partial charge in [0.15, 0.2) is 5.78 Å². The molecule has 0 radical (unpaired) electrons. The normalized spacial score (nSPS) is 18.0. The number of Topliss-reactive ketones (excluding diaryl/α,β-unsaturated/α-hetero) is 1. The summed E-state index contributed by atoms with van der Waals surface area (Å²) in [7, 11) is 0. The van der Waals surface area contributed by atoms with E-state index in [1.165, 1.54) is 12.1 Å². The van der Waals surface area contributed by atoms with E-state index in [4.69, 9.17) is 0 Å². The Morgan fingerprint density at radius 2 is 2.11 bits per heavy atom. The zero-order valence-electron chi connectivity index (χ0n) is 11.1. The molecule has 2 aromatic rings. The molecular weight excluding hydrogens is 241 g/mol. The molecule has 1 heterocycles. The zero-order valence-corrected chi connectivity index (χ0v) is 11.1. The van der Waals surface area contributed by atoms with Gasteiger partial charge < -0.3 is 4.98 Å². The van der Waals surface area contributed by atoms with Gasteiger partial charge in [0.05, 0.1) is 0 Å². The fourth-order valence-corrected chi connectivity index (χ4v) is 3.36. The number of ketones is 1. The number of aromatic nitrogens is 1. The van der Waals surface area contributed by atoms with Crippen LogP contribution in [0.2, 0.25) is 0 Å². The minimum atomic E-state index is -0.278. The third-order valence-corrected chi connectivity index (χ3v) is 4.61. The molecule has 2 nitrogen and oxygen atoms in total. The summed E-state index contributed by atoms with van der Waals surface area (Å²) in [6.45, 7) is 2.09. The Morgan fingerprint density at radius 3 is 2.79 bits per heavy atom. The van der Waals surface area contributed by atoms with Crippen molar-refractivity contribution in [1.29, 1.82) is 0 Å². The Bertz CT molecular complexity index is 623. The first-order valence-corrected chi connectivity index (χ1v) is 6.98. The van der Waals surface area contributed by atoms with Crippen LogP contribution in [-0.4, -0.2) is 10.8 Å². The molecule has 0 spiro atoms. The smallest absolute Gasteiger partial charge is 0.171 e. The highest BCUT2D eigenvalue weighted by molar-refractivity contribution is 6.10. The third-order valence-electron chi connectivity index (χ3n) is 4.61. The van der Waals surface area contributed by atoms with Gasteiger partial charge in [0.2, 0.25) is 0 Å². The van der Waals surface area contributed by atoms with Crippen molar-refractivity contribution >= 4 is 16.7 Å². The number of benzene rings is 1. The number of nitrogens with one attached hydrogen (secondary N) is 1. The lowest BCUT2D eigenvalue weighted by atomic mass is 9.76. The molecule has 1 fully saturated rings. The number of hydrogen-bond acceptors (Lipinski definition) is 1. The predicted octanol–water partition coefficient (Wildman–Crippen LogP) is 4.46. The maximum Gasteiger partial charge on any atom is 0.171 e. The van der Waals surface area contributed by atoms with Gasteiger partial charge in [-0.05, 0) is 37.5 Å². The van der Waals surface area contributed by atoms with E-state index in [-0.39, 0.29) is 17.0 Å². The van der Waals surface area contributed by atoms with Gasteiger partial charge in [0, 0.05) is 28.1 Å². The fraction of sp³-hybridized carbons (Fsp3) is 0.438. The second-order valence-electron chi connectivity index (χ2n) is 5.56. The highest BCUT2D eigenvalue weighted by Gasteiger charge is 2.40. The molecule has 19 heavy (non-hydrogen) atoms. The minimum absolute atomic E-state index is 0.191. The van der Waals surface area contributed by atoms with Crippen LogP contribution in [0.25, 0.3) is 10.9 Å². The molecule has 0 aliphatic heterocycles. The van der Waals surface area contributed by atoms with Crippen LogP contribution in [0.5, 0.6) is 0 Å². The predicted molar refractivity (Wildman–Crippen MR) is 73.8 cm³/mol. The third kappa shape index (κ3) is 1.88. The van der Waals surface area contributed by atoms with Gasteiger partial charge in [0.25, 0.3) is 0 Å². The van der Waals surface area contributed by atoms with Gasteiger partial charge in [0.1, 0.15) is 5.82 Å². The molecule has 1 aromatic heterocycles. The van der Waals surface area contributed by atoms with Gasteiger partial charge in [-0.1, -0.05) is 19.8 Å². The van der Waals surface area contributed by atoms with E-state index in [9.17, 15) is 9.18 Å². The number of aromatic amines is 1. The maximum absolute atomic E-state index is 13.2. The molecule has 0 atom stereocenters. The van der Waals surface area contributed by atoms with Crippen LogP contribution in [0.4, 0.5) is 4.39 Å². The van der Waals surface area contributed by atoms with E-state index in [1.807, 2.05) is 0 Å². The van der Waals surface area contributed by atoms with Gasteiger partial charge >= 0.3 is 0 Å². The number of carbonyl (C=O) groups excluding carboxylic acids is 1. The number of rotatable bonds is 3. The van der Waals surface area contributed by atoms with E-state index < -0.39 is 0 Å². The Morgan fingerprint density at radius 1 is 1.37 bits per heavy atom. The summed E-state index contributed by atoms with van der Waals surface area (Å²) in [6.07, 6.45) is 6.86. The molecule has 0 unspecified atom stereocenters. The highest BCUT2D eigenvalue weighted by atomic mass is 19.1. The largest absolute Gasteiger partial charge is 0.360 e. The number of halogens is 1. The number of hydrogen-bond donors (Lipinski definition) is 1. The van der Waals surface area contributed by atoms with Crippen molar-refractivity contribution in [3.05, 3.63) is 35.8 Å². The summed E-state index contributed by atoms with van der Waals surface area (Å²) in [5, 5.41) is 0.839. The van der Waals surface area contributed by atoms with Gasteiger partial charge in [-0.15, -0.1) is 0 Å². The molecule has 1 aliphatic carbocycles. The van der Waals surface area contributed by atoms with Crippen LogP contribution in [0.1, 0.15) is 49.4 Å². The monoisotopic (exact) mass is 259 g/mol. The molecular formula is C16H18FNO. The Hall–Kier alpha value is -1.64. The first-order valence-electron chi connectivity index (χ1n) is 6.98. The van der Waals surface area contributed by atoms with Crippen molar-refractivity contribution in [1.82, 2.24) is 4.98 Å². The Labute approximate surface area is 112 Å². The standard InChI is InChI=1S/C16H18FNO/c1-2-16(7-3-4-8-16)15(19)13-10-18-14-9-11(17)5-6-12(13)14/h5-6,9-10,18H,2-4,7-8H2,1H3. The van der Waals surface area contributed by atoms with Crippen molar-refractivity contribution in [3.63, 3.8) is 0 Å². The molecule has 1 saturated carbocycles. The minimum Gasteiger partial charge on any atom is -0.360 e. The van der Waals surface area contributed by atoms with Gasteiger partial charge in [-0.3, -0.25) is 4.79 Å². The molecule has 0 amide bonds. The van der Waals surface area contributed by atoms with Gasteiger partial charge in [-0.25, -0.2) is 4.39 Å². The van der Waals surface area contributed by atoms with E-state index in [2.05, 4.69) is 11.9 Å². The summed E-state index contributed by atoms with van der Waals surface area (Å²) >= 11 is 0. The van der Waals surface area contributed by atoms with Crippen molar-refractivity contribution in [2.24, 2.45) is 5.41 Å². The summed E-state index contributed by atoms with van der Waals surface area (Å²) in [5.41, 5.74) is 1.23. The SMILES string of the molecule is CCC1(C(=O)c2c[nH]c3cc(F)ccc23)CCCC1. The van der Waals surface area contributed by atoms with Crippen molar-refractivity contribution in [3.8, 4) is 0 Å². The van der Waals surface area contributed by atoms with Crippen LogP contribution in [-0.2, 0) is 0 Å². The lowest BCUT2D eigenvalue weighted by Crippen LogP contribution is -2.27. The molecule has 1 N–H and O–H groups in total.